The second-order valence-corrected chi connectivity index (χ2v) is 4.90. The molecule has 19 heavy (non-hydrogen) atoms. The van der Waals surface area contributed by atoms with Crippen LogP contribution in [-0.4, -0.2) is 21.2 Å². The Kier molecular flexibility index (Phi) is 4.22. The molecular weight excluding hydrogens is 236 g/mol. The van der Waals surface area contributed by atoms with Crippen molar-refractivity contribution in [3.63, 3.8) is 0 Å². The summed E-state index contributed by atoms with van der Waals surface area (Å²) in [5.41, 5.74) is 10.3. The molecule has 0 fully saturated rings. The molecule has 102 valence electrons. The third kappa shape index (κ3) is 3.35. The minimum absolute atomic E-state index is 0.863. The fraction of sp³-hybridized carbons (Fsp3) is 0.400. The van der Waals surface area contributed by atoms with Gasteiger partial charge >= 0.3 is 0 Å². The van der Waals surface area contributed by atoms with E-state index >= 15 is 0 Å². The lowest BCUT2D eigenvalue weighted by Gasteiger charge is -2.21. The Morgan fingerprint density at radius 2 is 2.00 bits per heavy atom. The average Bonchev–Trinajstić information content (AvgIpc) is 2.69. The maximum atomic E-state index is 6.01. The van der Waals surface area contributed by atoms with E-state index in [1.165, 1.54) is 11.3 Å². The zero-order chi connectivity index (χ0) is 13.8. The Morgan fingerprint density at radius 3 is 2.58 bits per heavy atom. The predicted molar refractivity (Wildman–Crippen MR) is 78.6 cm³/mol. The van der Waals surface area contributed by atoms with Crippen LogP contribution in [0.5, 0.6) is 0 Å². The first kappa shape index (κ1) is 13.6. The van der Waals surface area contributed by atoms with Crippen molar-refractivity contribution in [3.05, 3.63) is 47.3 Å². The Morgan fingerprint density at radius 1 is 1.26 bits per heavy atom. The highest BCUT2D eigenvalue weighted by atomic mass is 15.3. The molecule has 2 aromatic rings. The molecule has 0 aliphatic rings. The van der Waals surface area contributed by atoms with Crippen molar-refractivity contribution in [2.75, 3.05) is 12.3 Å². The summed E-state index contributed by atoms with van der Waals surface area (Å²) in [7, 11) is 1.99. The van der Waals surface area contributed by atoms with Crippen LogP contribution in [0.2, 0.25) is 0 Å². The van der Waals surface area contributed by atoms with Gasteiger partial charge in [0.05, 0.1) is 11.4 Å². The largest absolute Gasteiger partial charge is 0.398 e. The number of nitrogens with zero attached hydrogens (tertiary/aromatic N) is 3. The summed E-state index contributed by atoms with van der Waals surface area (Å²) in [5.74, 6) is 0. The van der Waals surface area contributed by atoms with E-state index in [1.54, 1.807) is 0 Å². The summed E-state index contributed by atoms with van der Waals surface area (Å²) < 4.78 is 1.95. The van der Waals surface area contributed by atoms with Gasteiger partial charge < -0.3 is 5.73 Å². The summed E-state index contributed by atoms with van der Waals surface area (Å²) >= 11 is 0. The van der Waals surface area contributed by atoms with E-state index in [-0.39, 0.29) is 0 Å². The van der Waals surface area contributed by atoms with Gasteiger partial charge in [-0.2, -0.15) is 5.10 Å². The van der Waals surface area contributed by atoms with Crippen LogP contribution in [0.1, 0.15) is 23.9 Å². The van der Waals surface area contributed by atoms with E-state index < -0.39 is 0 Å². The smallest absolute Gasteiger partial charge is 0.0597 e. The Hall–Kier alpha value is -1.81. The van der Waals surface area contributed by atoms with Gasteiger partial charge in [-0.15, -0.1) is 0 Å². The van der Waals surface area contributed by atoms with E-state index in [0.717, 1.165) is 31.0 Å². The van der Waals surface area contributed by atoms with Gasteiger partial charge in [-0.25, -0.2) is 0 Å². The molecule has 1 aromatic carbocycles. The fourth-order valence-corrected chi connectivity index (χ4v) is 2.24. The van der Waals surface area contributed by atoms with Gasteiger partial charge in [0.2, 0.25) is 0 Å². The molecule has 4 nitrogen and oxygen atoms in total. The number of rotatable bonds is 5. The maximum Gasteiger partial charge on any atom is 0.0597 e. The first-order chi connectivity index (χ1) is 9.10. The monoisotopic (exact) mass is 258 g/mol. The molecule has 0 saturated heterocycles. The first-order valence-electron chi connectivity index (χ1n) is 6.65. The molecular formula is C15H22N4. The molecule has 0 unspecified atom stereocenters. The summed E-state index contributed by atoms with van der Waals surface area (Å²) in [6.07, 6.45) is 0. The van der Waals surface area contributed by atoms with Gasteiger partial charge in [0.1, 0.15) is 0 Å². The molecule has 2 rings (SSSR count). The van der Waals surface area contributed by atoms with Crippen LogP contribution in [0.3, 0.4) is 0 Å². The van der Waals surface area contributed by atoms with Crippen LogP contribution in [0.15, 0.2) is 30.3 Å². The number of para-hydroxylation sites is 1. The molecule has 0 radical (unpaired) electrons. The molecule has 0 aliphatic heterocycles. The SMILES string of the molecule is CCN(Cc1ccccc1N)Cc1cc(C)nn1C. The van der Waals surface area contributed by atoms with Crippen molar-refractivity contribution in [3.8, 4) is 0 Å². The first-order valence-corrected chi connectivity index (χ1v) is 6.65. The third-order valence-electron chi connectivity index (χ3n) is 3.38. The minimum atomic E-state index is 0.863. The number of nitrogen functional groups attached to an aromatic ring is 1. The molecule has 4 heteroatoms. The summed E-state index contributed by atoms with van der Waals surface area (Å²) in [6.45, 7) is 6.94. The Bertz CT molecular complexity index is 545. The molecule has 0 amide bonds. The fourth-order valence-electron chi connectivity index (χ4n) is 2.24. The number of hydrogen-bond acceptors (Lipinski definition) is 3. The van der Waals surface area contributed by atoms with Crippen LogP contribution in [0.25, 0.3) is 0 Å². The maximum absolute atomic E-state index is 6.01. The minimum Gasteiger partial charge on any atom is -0.398 e. The van der Waals surface area contributed by atoms with Crippen molar-refractivity contribution in [1.29, 1.82) is 0 Å². The number of hydrogen-bond donors (Lipinski definition) is 1. The summed E-state index contributed by atoms with van der Waals surface area (Å²) in [4.78, 5) is 2.36. The molecule has 2 N–H and O–H groups in total. The lowest BCUT2D eigenvalue weighted by molar-refractivity contribution is 0.264. The van der Waals surface area contributed by atoms with Gasteiger partial charge in [-0.05, 0) is 31.2 Å². The lowest BCUT2D eigenvalue weighted by atomic mass is 10.1. The van der Waals surface area contributed by atoms with Crippen LogP contribution in [-0.2, 0) is 20.1 Å². The van der Waals surface area contributed by atoms with Gasteiger partial charge in [0, 0.05) is 25.8 Å². The van der Waals surface area contributed by atoms with Crippen LogP contribution in [0.4, 0.5) is 5.69 Å². The van der Waals surface area contributed by atoms with Crippen LogP contribution >= 0.6 is 0 Å². The van der Waals surface area contributed by atoms with Gasteiger partial charge in [-0.1, -0.05) is 25.1 Å². The summed E-state index contributed by atoms with van der Waals surface area (Å²) in [6, 6.07) is 10.2. The Balaban J connectivity index is 2.09. The van der Waals surface area contributed by atoms with Crippen molar-refractivity contribution in [1.82, 2.24) is 14.7 Å². The zero-order valence-electron chi connectivity index (χ0n) is 11.9. The lowest BCUT2D eigenvalue weighted by Crippen LogP contribution is -2.24. The molecule has 1 aromatic heterocycles. The normalized spacial score (nSPS) is 11.2. The number of aryl methyl sites for hydroxylation is 2. The van der Waals surface area contributed by atoms with Gasteiger partial charge in [-0.3, -0.25) is 9.58 Å². The highest BCUT2D eigenvalue weighted by Crippen LogP contribution is 2.15. The van der Waals surface area contributed by atoms with E-state index in [9.17, 15) is 0 Å². The van der Waals surface area contributed by atoms with Crippen molar-refractivity contribution >= 4 is 5.69 Å². The molecule has 0 aliphatic carbocycles. The molecule has 1 heterocycles. The number of aromatic nitrogens is 2. The van der Waals surface area contributed by atoms with Crippen molar-refractivity contribution in [2.24, 2.45) is 7.05 Å². The van der Waals surface area contributed by atoms with Crippen LogP contribution in [0, 0.1) is 6.92 Å². The third-order valence-corrected chi connectivity index (χ3v) is 3.38. The van der Waals surface area contributed by atoms with Crippen molar-refractivity contribution < 1.29 is 0 Å². The topological polar surface area (TPSA) is 47.1 Å². The van der Waals surface area contributed by atoms with Gasteiger partial charge in [0.15, 0.2) is 0 Å². The number of nitrogens with two attached hydrogens (primary N) is 1. The highest BCUT2D eigenvalue weighted by Gasteiger charge is 2.10. The number of benzene rings is 1. The molecule has 0 spiro atoms. The molecule has 0 saturated carbocycles. The second-order valence-electron chi connectivity index (χ2n) is 4.90. The second kappa shape index (κ2) is 5.89. The summed E-state index contributed by atoms with van der Waals surface area (Å²) in [5, 5.41) is 4.39. The average molecular weight is 258 g/mol. The van der Waals surface area contributed by atoms with E-state index in [4.69, 9.17) is 5.73 Å². The van der Waals surface area contributed by atoms with E-state index in [1.807, 2.05) is 36.9 Å². The van der Waals surface area contributed by atoms with E-state index in [2.05, 4.69) is 29.1 Å². The Labute approximate surface area is 114 Å². The van der Waals surface area contributed by atoms with Crippen molar-refractivity contribution in [2.45, 2.75) is 26.9 Å². The highest BCUT2D eigenvalue weighted by molar-refractivity contribution is 5.46. The van der Waals surface area contributed by atoms with Gasteiger partial charge in [0.25, 0.3) is 0 Å². The molecule has 0 bridgehead atoms. The molecule has 0 atom stereocenters. The zero-order valence-corrected chi connectivity index (χ0v) is 11.9. The predicted octanol–water partition coefficient (Wildman–Crippen LogP) is 2.33. The number of anilines is 1. The van der Waals surface area contributed by atoms with E-state index in [0.29, 0.717) is 0 Å². The van der Waals surface area contributed by atoms with Crippen LogP contribution < -0.4 is 5.73 Å². The standard InChI is InChI=1S/C15H22N4/c1-4-19(10-13-7-5-6-8-15(13)16)11-14-9-12(2)17-18(14)3/h5-9H,4,10-11,16H2,1-3H3. The quantitative estimate of drug-likeness (QED) is 0.837.